The molecule has 118 valence electrons. The van der Waals surface area contributed by atoms with Crippen molar-refractivity contribution in [1.29, 1.82) is 0 Å². The van der Waals surface area contributed by atoms with Crippen LogP contribution in [0.3, 0.4) is 0 Å². The van der Waals surface area contributed by atoms with E-state index in [4.69, 9.17) is 5.73 Å². The van der Waals surface area contributed by atoms with Crippen LogP contribution in [0.2, 0.25) is 0 Å². The first-order chi connectivity index (χ1) is 9.83. The predicted molar refractivity (Wildman–Crippen MR) is 83.5 cm³/mol. The van der Waals surface area contributed by atoms with E-state index >= 15 is 0 Å². The maximum Gasteiger partial charge on any atom is 0.225 e. The summed E-state index contributed by atoms with van der Waals surface area (Å²) in [6.07, 6.45) is 7.54. The Hall–Kier alpha value is -0.570. The molecule has 4 fully saturated rings. The van der Waals surface area contributed by atoms with Gasteiger partial charge in [-0.1, -0.05) is 20.8 Å². The van der Waals surface area contributed by atoms with Crippen molar-refractivity contribution in [2.45, 2.75) is 71.4 Å². The van der Waals surface area contributed by atoms with Crippen LogP contribution >= 0.6 is 0 Å². The number of carbonyl (C=O) groups excluding carboxylic acids is 1. The lowest BCUT2D eigenvalue weighted by Crippen LogP contribution is -2.56. The van der Waals surface area contributed by atoms with E-state index < -0.39 is 0 Å². The van der Waals surface area contributed by atoms with E-state index in [-0.39, 0.29) is 23.3 Å². The van der Waals surface area contributed by atoms with E-state index in [0.29, 0.717) is 23.3 Å². The maximum absolute atomic E-state index is 12.9. The lowest BCUT2D eigenvalue weighted by Gasteiger charge is -2.44. The Kier molecular flexibility index (Phi) is 2.84. The summed E-state index contributed by atoms with van der Waals surface area (Å²) in [6.45, 7) is 7.09. The van der Waals surface area contributed by atoms with Crippen LogP contribution in [0, 0.1) is 34.5 Å². The lowest BCUT2D eigenvalue weighted by molar-refractivity contribution is -0.129. The second kappa shape index (κ2) is 4.24. The van der Waals surface area contributed by atoms with Crippen LogP contribution in [0.1, 0.15) is 59.3 Å². The molecule has 4 rings (SSSR count). The summed E-state index contributed by atoms with van der Waals surface area (Å²) in [5.41, 5.74) is 6.91. The zero-order chi connectivity index (χ0) is 15.0. The van der Waals surface area contributed by atoms with Gasteiger partial charge in [-0.2, -0.15) is 0 Å². The van der Waals surface area contributed by atoms with E-state index in [2.05, 4.69) is 26.1 Å². The average molecular weight is 290 g/mol. The summed E-state index contributed by atoms with van der Waals surface area (Å²) in [6, 6.07) is 0.445. The molecule has 0 saturated heterocycles. The standard InChI is InChI=1S/C18H30N2O/c1-17(2)12-6-7-18(3,9-12)16(17)20-15(21)13-10-4-5-11(8-10)14(13)19/h10-14,16H,4-9,19H2,1-3H3,(H,20,21). The van der Waals surface area contributed by atoms with Crippen LogP contribution in [0.5, 0.6) is 0 Å². The maximum atomic E-state index is 12.9. The van der Waals surface area contributed by atoms with E-state index in [1.807, 2.05) is 0 Å². The van der Waals surface area contributed by atoms with Gasteiger partial charge in [0.15, 0.2) is 0 Å². The quantitative estimate of drug-likeness (QED) is 0.821. The van der Waals surface area contributed by atoms with Crippen molar-refractivity contribution in [3.63, 3.8) is 0 Å². The van der Waals surface area contributed by atoms with Crippen LogP contribution in [0.15, 0.2) is 0 Å². The summed E-state index contributed by atoms with van der Waals surface area (Å²) < 4.78 is 0. The van der Waals surface area contributed by atoms with Crippen LogP contribution in [0.25, 0.3) is 0 Å². The van der Waals surface area contributed by atoms with Gasteiger partial charge in [0.2, 0.25) is 5.91 Å². The van der Waals surface area contributed by atoms with Crippen LogP contribution in [0.4, 0.5) is 0 Å². The second-order valence-electron chi connectivity index (χ2n) is 9.29. The number of nitrogens with two attached hydrogens (primary N) is 1. The molecule has 3 heteroatoms. The van der Waals surface area contributed by atoms with Gasteiger partial charge in [0.05, 0.1) is 5.92 Å². The van der Waals surface area contributed by atoms with Gasteiger partial charge in [-0.25, -0.2) is 0 Å². The van der Waals surface area contributed by atoms with Crippen molar-refractivity contribution in [3.8, 4) is 0 Å². The minimum atomic E-state index is 0.0854. The average Bonchev–Trinajstić information content (AvgIpc) is 3.11. The van der Waals surface area contributed by atoms with Gasteiger partial charge in [0.1, 0.15) is 0 Å². The van der Waals surface area contributed by atoms with Crippen molar-refractivity contribution in [1.82, 2.24) is 5.32 Å². The number of carbonyl (C=O) groups is 1. The number of hydrogen-bond acceptors (Lipinski definition) is 2. The molecule has 0 aromatic rings. The van der Waals surface area contributed by atoms with Gasteiger partial charge in [-0.3, -0.25) is 4.79 Å². The van der Waals surface area contributed by atoms with Gasteiger partial charge in [0.25, 0.3) is 0 Å². The SMILES string of the molecule is CC12CCC(C1)C(C)(C)C2NC(=O)C1C2CCC(C2)C1N. The molecule has 21 heavy (non-hydrogen) atoms. The van der Waals surface area contributed by atoms with Crippen LogP contribution in [-0.2, 0) is 4.79 Å². The number of hydrogen-bond donors (Lipinski definition) is 2. The van der Waals surface area contributed by atoms with E-state index in [1.54, 1.807) is 0 Å². The van der Waals surface area contributed by atoms with Crippen LogP contribution in [-0.4, -0.2) is 18.0 Å². The molecule has 0 aromatic heterocycles. The highest BCUT2D eigenvalue weighted by Crippen LogP contribution is 2.62. The van der Waals surface area contributed by atoms with E-state index in [0.717, 1.165) is 5.92 Å². The van der Waals surface area contributed by atoms with Gasteiger partial charge in [-0.15, -0.1) is 0 Å². The molecular weight excluding hydrogens is 260 g/mol. The molecule has 0 aromatic carbocycles. The predicted octanol–water partition coefficient (Wildman–Crippen LogP) is 2.69. The van der Waals surface area contributed by atoms with Crippen molar-refractivity contribution in [3.05, 3.63) is 0 Å². The molecule has 0 spiro atoms. The third-order valence-corrected chi connectivity index (χ3v) is 7.84. The van der Waals surface area contributed by atoms with Crippen molar-refractivity contribution < 1.29 is 4.79 Å². The fourth-order valence-corrected chi connectivity index (χ4v) is 6.63. The minimum absolute atomic E-state index is 0.0854. The minimum Gasteiger partial charge on any atom is -0.352 e. The topological polar surface area (TPSA) is 55.1 Å². The molecule has 7 atom stereocenters. The highest BCUT2D eigenvalue weighted by Gasteiger charge is 2.60. The third kappa shape index (κ3) is 1.79. The Morgan fingerprint density at radius 3 is 2.43 bits per heavy atom. The molecule has 1 amide bonds. The molecule has 7 unspecified atom stereocenters. The van der Waals surface area contributed by atoms with Crippen LogP contribution < -0.4 is 11.1 Å². The van der Waals surface area contributed by atoms with Gasteiger partial charge < -0.3 is 11.1 Å². The Balaban J connectivity index is 1.52. The Labute approximate surface area is 128 Å². The molecule has 4 aliphatic carbocycles. The van der Waals surface area contributed by atoms with Gasteiger partial charge in [-0.05, 0) is 67.1 Å². The zero-order valence-corrected chi connectivity index (χ0v) is 13.7. The number of nitrogens with one attached hydrogen (secondary N) is 1. The first-order valence-electron chi connectivity index (χ1n) is 8.89. The summed E-state index contributed by atoms with van der Waals surface area (Å²) in [7, 11) is 0. The Morgan fingerprint density at radius 1 is 1.14 bits per heavy atom. The van der Waals surface area contributed by atoms with Gasteiger partial charge >= 0.3 is 0 Å². The molecule has 3 N–H and O–H groups in total. The summed E-state index contributed by atoms with van der Waals surface area (Å²) in [5.74, 6) is 2.29. The number of fused-ring (bicyclic) bond motifs is 4. The summed E-state index contributed by atoms with van der Waals surface area (Å²) in [4.78, 5) is 12.9. The molecule has 4 aliphatic rings. The third-order valence-electron chi connectivity index (χ3n) is 7.84. The fourth-order valence-electron chi connectivity index (χ4n) is 6.63. The van der Waals surface area contributed by atoms with Gasteiger partial charge in [0, 0.05) is 12.1 Å². The largest absolute Gasteiger partial charge is 0.352 e. The molecule has 0 aliphatic heterocycles. The molecular formula is C18H30N2O. The molecule has 4 saturated carbocycles. The normalized spacial score (nSPS) is 53.3. The summed E-state index contributed by atoms with van der Waals surface area (Å²) in [5, 5.41) is 3.48. The Morgan fingerprint density at radius 2 is 1.86 bits per heavy atom. The van der Waals surface area contributed by atoms with Crippen molar-refractivity contribution >= 4 is 5.91 Å². The first-order valence-corrected chi connectivity index (χ1v) is 8.89. The monoisotopic (exact) mass is 290 g/mol. The zero-order valence-electron chi connectivity index (χ0n) is 13.7. The lowest BCUT2D eigenvalue weighted by atomic mass is 9.68. The number of rotatable bonds is 2. The molecule has 3 nitrogen and oxygen atoms in total. The Bertz CT molecular complexity index is 467. The number of amides is 1. The summed E-state index contributed by atoms with van der Waals surface area (Å²) >= 11 is 0. The van der Waals surface area contributed by atoms with Crippen molar-refractivity contribution in [2.24, 2.45) is 40.2 Å². The van der Waals surface area contributed by atoms with Crippen molar-refractivity contribution in [2.75, 3.05) is 0 Å². The first kappa shape index (κ1) is 14.0. The van der Waals surface area contributed by atoms with E-state index in [9.17, 15) is 4.79 Å². The molecule has 0 heterocycles. The second-order valence-corrected chi connectivity index (χ2v) is 9.29. The smallest absolute Gasteiger partial charge is 0.225 e. The van der Waals surface area contributed by atoms with E-state index in [1.165, 1.54) is 38.5 Å². The molecule has 4 bridgehead atoms. The highest BCUT2D eigenvalue weighted by molar-refractivity contribution is 5.81. The molecule has 0 radical (unpaired) electrons. The fraction of sp³-hybridized carbons (Fsp3) is 0.944. The highest BCUT2D eigenvalue weighted by atomic mass is 16.2.